The molecule has 176 valence electrons. The standard InChI is InChI=1S/C25H25N3O6/c1-5-33-24(29)14-28-15(2)19(17-8-6-7-9-20(17)28)13-26-27-25(30)23-12-18-21(32-4)10-16(31-3)11-22(18)34-23/h6-13H,5,14H2,1-4H3,(H,27,30)/b26-13+. The number of methoxy groups -OCH3 is 2. The third-order valence-corrected chi connectivity index (χ3v) is 5.48. The number of fused-ring (bicyclic) bond motifs is 2. The number of nitrogens with one attached hydrogen (secondary N) is 1. The molecule has 2 aromatic carbocycles. The quantitative estimate of drug-likeness (QED) is 0.240. The van der Waals surface area contributed by atoms with Crippen molar-refractivity contribution in [3.63, 3.8) is 0 Å². The van der Waals surface area contributed by atoms with E-state index in [9.17, 15) is 9.59 Å². The van der Waals surface area contributed by atoms with Crippen molar-refractivity contribution in [3.05, 3.63) is 59.5 Å². The summed E-state index contributed by atoms with van der Waals surface area (Å²) in [7, 11) is 3.07. The summed E-state index contributed by atoms with van der Waals surface area (Å²) in [6.07, 6.45) is 1.56. The molecule has 9 nitrogen and oxygen atoms in total. The third kappa shape index (κ3) is 4.32. The number of aromatic nitrogens is 1. The molecule has 4 aromatic rings. The molecular formula is C25H25N3O6. The van der Waals surface area contributed by atoms with Crippen LogP contribution in [0.4, 0.5) is 0 Å². The molecule has 0 fully saturated rings. The number of nitrogens with zero attached hydrogens (tertiary/aromatic N) is 2. The first-order valence-corrected chi connectivity index (χ1v) is 10.7. The molecule has 1 N–H and O–H groups in total. The zero-order valence-corrected chi connectivity index (χ0v) is 19.4. The Balaban J connectivity index is 1.59. The lowest BCUT2D eigenvalue weighted by molar-refractivity contribution is -0.143. The fourth-order valence-corrected chi connectivity index (χ4v) is 3.85. The number of esters is 1. The Morgan fingerprint density at radius 1 is 1.12 bits per heavy atom. The van der Waals surface area contributed by atoms with Crippen LogP contribution < -0.4 is 14.9 Å². The highest BCUT2D eigenvalue weighted by Crippen LogP contribution is 2.33. The van der Waals surface area contributed by atoms with Crippen LogP contribution in [0.3, 0.4) is 0 Å². The van der Waals surface area contributed by atoms with Gasteiger partial charge < -0.3 is 23.2 Å². The fourth-order valence-electron chi connectivity index (χ4n) is 3.85. The Kier molecular flexibility index (Phi) is 6.53. The number of hydrazone groups is 1. The van der Waals surface area contributed by atoms with Gasteiger partial charge in [-0.25, -0.2) is 5.43 Å². The van der Waals surface area contributed by atoms with E-state index in [1.54, 1.807) is 31.3 Å². The van der Waals surface area contributed by atoms with Crippen LogP contribution >= 0.6 is 0 Å². The Labute approximate surface area is 195 Å². The maximum Gasteiger partial charge on any atom is 0.325 e. The lowest BCUT2D eigenvalue weighted by Gasteiger charge is -2.07. The average Bonchev–Trinajstić information content (AvgIpc) is 3.38. The highest BCUT2D eigenvalue weighted by atomic mass is 16.5. The minimum Gasteiger partial charge on any atom is -0.496 e. The predicted molar refractivity (Wildman–Crippen MR) is 128 cm³/mol. The number of ether oxygens (including phenoxy) is 3. The van der Waals surface area contributed by atoms with Gasteiger partial charge in [0.1, 0.15) is 23.6 Å². The molecule has 0 aliphatic carbocycles. The molecule has 0 saturated heterocycles. The first-order valence-electron chi connectivity index (χ1n) is 10.7. The summed E-state index contributed by atoms with van der Waals surface area (Å²) in [6.45, 7) is 4.07. The molecule has 0 spiro atoms. The number of para-hydroxylation sites is 1. The van der Waals surface area contributed by atoms with E-state index in [0.29, 0.717) is 29.1 Å². The third-order valence-electron chi connectivity index (χ3n) is 5.48. The van der Waals surface area contributed by atoms with Gasteiger partial charge in [-0.05, 0) is 19.9 Å². The van der Waals surface area contributed by atoms with Crippen LogP contribution in [-0.4, -0.2) is 43.5 Å². The van der Waals surface area contributed by atoms with Gasteiger partial charge in [-0.15, -0.1) is 0 Å². The number of rotatable bonds is 8. The SMILES string of the molecule is CCOC(=O)Cn1c(C)c(/C=N/NC(=O)c2cc3c(OC)cc(OC)cc3o2)c2ccccc21. The summed E-state index contributed by atoms with van der Waals surface area (Å²) in [5.41, 5.74) is 5.45. The molecule has 4 rings (SSSR count). The van der Waals surface area contributed by atoms with Gasteiger partial charge in [0.15, 0.2) is 5.76 Å². The van der Waals surface area contributed by atoms with Crippen molar-refractivity contribution in [1.82, 2.24) is 9.99 Å². The molecule has 9 heteroatoms. The fraction of sp³-hybridized carbons (Fsp3) is 0.240. The van der Waals surface area contributed by atoms with Gasteiger partial charge in [-0.2, -0.15) is 5.10 Å². The van der Waals surface area contributed by atoms with Gasteiger partial charge in [-0.3, -0.25) is 9.59 Å². The second-order valence-electron chi connectivity index (χ2n) is 7.46. The molecule has 0 radical (unpaired) electrons. The number of benzene rings is 2. The number of carbonyl (C=O) groups is 2. The van der Waals surface area contributed by atoms with Crippen LogP contribution in [0.25, 0.3) is 21.9 Å². The van der Waals surface area contributed by atoms with Crippen LogP contribution in [0, 0.1) is 6.92 Å². The normalized spacial score (nSPS) is 11.3. The lowest BCUT2D eigenvalue weighted by Crippen LogP contribution is -2.17. The van der Waals surface area contributed by atoms with E-state index in [4.69, 9.17) is 18.6 Å². The van der Waals surface area contributed by atoms with Crippen LogP contribution in [-0.2, 0) is 16.1 Å². The molecule has 2 heterocycles. The van der Waals surface area contributed by atoms with Gasteiger partial charge in [0.2, 0.25) is 0 Å². The van der Waals surface area contributed by atoms with Gasteiger partial charge in [0, 0.05) is 40.4 Å². The van der Waals surface area contributed by atoms with E-state index in [2.05, 4.69) is 10.5 Å². The number of amides is 1. The maximum atomic E-state index is 12.7. The molecule has 0 aliphatic rings. The van der Waals surface area contributed by atoms with Crippen molar-refractivity contribution in [1.29, 1.82) is 0 Å². The van der Waals surface area contributed by atoms with Crippen molar-refractivity contribution < 1.29 is 28.2 Å². The van der Waals surface area contributed by atoms with Gasteiger partial charge in [0.05, 0.1) is 32.4 Å². The number of furan rings is 1. The smallest absolute Gasteiger partial charge is 0.325 e. The summed E-state index contributed by atoms with van der Waals surface area (Å²) in [5, 5.41) is 5.69. The zero-order chi connectivity index (χ0) is 24.2. The van der Waals surface area contributed by atoms with Gasteiger partial charge >= 0.3 is 11.9 Å². The lowest BCUT2D eigenvalue weighted by atomic mass is 10.1. The Hall–Kier alpha value is -4.27. The second kappa shape index (κ2) is 9.70. The van der Waals surface area contributed by atoms with E-state index in [1.165, 1.54) is 14.2 Å². The Morgan fingerprint density at radius 2 is 1.91 bits per heavy atom. The molecule has 0 saturated carbocycles. The molecular weight excluding hydrogens is 438 g/mol. The summed E-state index contributed by atoms with van der Waals surface area (Å²) in [4.78, 5) is 24.7. The summed E-state index contributed by atoms with van der Waals surface area (Å²) in [6, 6.07) is 12.7. The highest BCUT2D eigenvalue weighted by molar-refractivity contribution is 6.03. The van der Waals surface area contributed by atoms with E-state index in [-0.39, 0.29) is 18.3 Å². The summed E-state index contributed by atoms with van der Waals surface area (Å²) >= 11 is 0. The second-order valence-corrected chi connectivity index (χ2v) is 7.46. The topological polar surface area (TPSA) is 104 Å². The van der Waals surface area contributed by atoms with Crippen molar-refractivity contribution in [2.24, 2.45) is 5.10 Å². The molecule has 0 bridgehead atoms. The minimum absolute atomic E-state index is 0.0835. The van der Waals surface area contributed by atoms with Crippen molar-refractivity contribution in [3.8, 4) is 11.5 Å². The minimum atomic E-state index is -0.513. The van der Waals surface area contributed by atoms with Crippen LogP contribution in [0.15, 0.2) is 52.0 Å². The Bertz CT molecular complexity index is 1400. The number of carbonyl (C=O) groups excluding carboxylic acids is 2. The first kappa shape index (κ1) is 22.9. The molecule has 0 atom stereocenters. The van der Waals surface area contributed by atoms with E-state index >= 15 is 0 Å². The van der Waals surface area contributed by atoms with Crippen molar-refractivity contribution >= 4 is 40.0 Å². The van der Waals surface area contributed by atoms with Crippen molar-refractivity contribution in [2.75, 3.05) is 20.8 Å². The zero-order valence-electron chi connectivity index (χ0n) is 19.4. The van der Waals surface area contributed by atoms with Crippen LogP contribution in [0.5, 0.6) is 11.5 Å². The van der Waals surface area contributed by atoms with E-state index in [0.717, 1.165) is 22.2 Å². The molecule has 0 unspecified atom stereocenters. The Morgan fingerprint density at radius 3 is 2.65 bits per heavy atom. The molecule has 0 aliphatic heterocycles. The summed E-state index contributed by atoms with van der Waals surface area (Å²) < 4.78 is 23.3. The van der Waals surface area contributed by atoms with E-state index in [1.807, 2.05) is 35.8 Å². The predicted octanol–water partition coefficient (Wildman–Crippen LogP) is 4.04. The van der Waals surface area contributed by atoms with Crippen LogP contribution in [0.1, 0.15) is 28.7 Å². The first-order chi connectivity index (χ1) is 16.5. The number of hydrogen-bond acceptors (Lipinski definition) is 7. The van der Waals surface area contributed by atoms with Gasteiger partial charge in [-0.1, -0.05) is 18.2 Å². The molecule has 1 amide bonds. The van der Waals surface area contributed by atoms with Gasteiger partial charge in [0.25, 0.3) is 0 Å². The van der Waals surface area contributed by atoms with E-state index < -0.39 is 5.91 Å². The monoisotopic (exact) mass is 463 g/mol. The average molecular weight is 463 g/mol. The largest absolute Gasteiger partial charge is 0.496 e. The molecule has 2 aromatic heterocycles. The molecule has 34 heavy (non-hydrogen) atoms. The summed E-state index contributed by atoms with van der Waals surface area (Å²) in [5.74, 6) is 0.339. The van der Waals surface area contributed by atoms with Crippen molar-refractivity contribution in [2.45, 2.75) is 20.4 Å². The highest BCUT2D eigenvalue weighted by Gasteiger charge is 2.17. The maximum absolute atomic E-state index is 12.7. The van der Waals surface area contributed by atoms with Crippen LogP contribution in [0.2, 0.25) is 0 Å². The number of hydrogen-bond donors (Lipinski definition) is 1.